The molecule has 0 N–H and O–H groups in total. The Morgan fingerprint density at radius 2 is 1.05 bits per heavy atom. The summed E-state index contributed by atoms with van der Waals surface area (Å²) in [7, 11) is 0. The number of hydrogen-bond acceptors (Lipinski definition) is 1. The first-order chi connectivity index (χ1) is 9.49. The lowest BCUT2D eigenvalue weighted by Gasteiger charge is -2.24. The van der Waals surface area contributed by atoms with Crippen molar-refractivity contribution in [2.24, 2.45) is 0 Å². The van der Waals surface area contributed by atoms with E-state index in [0.717, 1.165) is 36.4 Å². The fourth-order valence-electron chi connectivity index (χ4n) is 2.02. The van der Waals surface area contributed by atoms with Crippen molar-refractivity contribution in [3.8, 4) is 0 Å². The molecule has 0 aliphatic heterocycles. The largest absolute Gasteiger partial charge is 0.341 e. The number of halogens is 4. The average Bonchev–Trinajstić information content (AvgIpc) is 2.33. The zero-order valence-corrected chi connectivity index (χ0v) is 10.8. The van der Waals surface area contributed by atoms with Crippen LogP contribution in [0.15, 0.2) is 36.4 Å². The Labute approximate surface area is 114 Å². The van der Waals surface area contributed by atoms with Gasteiger partial charge in [0.05, 0.1) is 0 Å². The third-order valence-corrected chi connectivity index (χ3v) is 2.77. The van der Waals surface area contributed by atoms with Crippen molar-refractivity contribution in [1.29, 1.82) is 0 Å². The Kier molecular flexibility index (Phi) is 4.27. The van der Waals surface area contributed by atoms with E-state index in [9.17, 15) is 17.6 Å². The van der Waals surface area contributed by atoms with Gasteiger partial charge in [0.25, 0.3) is 0 Å². The number of anilines is 2. The van der Waals surface area contributed by atoms with Gasteiger partial charge in [-0.25, -0.2) is 17.6 Å². The maximum Gasteiger partial charge on any atom is 0.128 e. The van der Waals surface area contributed by atoms with Gasteiger partial charge in [0.2, 0.25) is 0 Å². The summed E-state index contributed by atoms with van der Waals surface area (Å²) in [5.41, 5.74) is 0.434. The van der Waals surface area contributed by atoms with Crippen LogP contribution >= 0.6 is 0 Å². The minimum absolute atomic E-state index is 0.217. The molecule has 0 bridgehead atoms. The summed E-state index contributed by atoms with van der Waals surface area (Å²) in [5, 5.41) is 0. The molecule has 0 heterocycles. The summed E-state index contributed by atoms with van der Waals surface area (Å²) in [6.45, 7) is 2.24. The summed E-state index contributed by atoms with van der Waals surface area (Å²) in [5.74, 6) is -2.95. The molecule has 0 saturated heterocycles. The van der Waals surface area contributed by atoms with Crippen LogP contribution in [0.3, 0.4) is 0 Å². The molecule has 0 spiro atoms. The first kappa shape index (κ1) is 14.4. The van der Waals surface area contributed by atoms with Crippen LogP contribution in [0.25, 0.3) is 0 Å². The molecule has 2 rings (SSSR count). The van der Waals surface area contributed by atoms with Gasteiger partial charge >= 0.3 is 0 Å². The van der Waals surface area contributed by atoms with Gasteiger partial charge in [0.1, 0.15) is 23.3 Å². The average molecular weight is 283 g/mol. The lowest BCUT2D eigenvalue weighted by Crippen LogP contribution is -2.18. The molecule has 0 atom stereocenters. The van der Waals surface area contributed by atoms with Crippen molar-refractivity contribution < 1.29 is 17.6 Å². The Bertz CT molecular complexity index is 521. The Morgan fingerprint density at radius 1 is 0.700 bits per heavy atom. The predicted molar refractivity (Wildman–Crippen MR) is 70.0 cm³/mol. The van der Waals surface area contributed by atoms with Gasteiger partial charge in [0.15, 0.2) is 0 Å². The first-order valence-corrected chi connectivity index (χ1v) is 6.19. The van der Waals surface area contributed by atoms with Crippen LogP contribution in [0.2, 0.25) is 0 Å². The second-order valence-corrected chi connectivity index (χ2v) is 4.41. The zero-order chi connectivity index (χ0) is 14.7. The fourth-order valence-corrected chi connectivity index (χ4v) is 2.02. The van der Waals surface area contributed by atoms with Crippen molar-refractivity contribution in [1.82, 2.24) is 0 Å². The maximum atomic E-state index is 13.3. The lowest BCUT2D eigenvalue weighted by atomic mass is 10.2. The van der Waals surface area contributed by atoms with Crippen molar-refractivity contribution in [2.75, 3.05) is 11.4 Å². The quantitative estimate of drug-likeness (QED) is 0.729. The van der Waals surface area contributed by atoms with Gasteiger partial charge in [-0.15, -0.1) is 0 Å². The van der Waals surface area contributed by atoms with Gasteiger partial charge in [-0.05, 0) is 30.7 Å². The zero-order valence-electron chi connectivity index (χ0n) is 10.8. The van der Waals surface area contributed by atoms with Gasteiger partial charge in [-0.3, -0.25) is 0 Å². The molecule has 0 aliphatic carbocycles. The summed E-state index contributed by atoms with van der Waals surface area (Å²) in [4.78, 5) is 1.47. The summed E-state index contributed by atoms with van der Waals surface area (Å²) < 4.78 is 53.2. The number of nitrogens with zero attached hydrogens (tertiary/aromatic N) is 1. The molecule has 106 valence electrons. The molecular formula is C15H13F4N. The van der Waals surface area contributed by atoms with Crippen LogP contribution in [-0.4, -0.2) is 6.54 Å². The SMILES string of the molecule is CCCN(c1cc(F)cc(F)c1)c1cc(F)cc(F)c1. The molecule has 0 saturated carbocycles. The van der Waals surface area contributed by atoms with Gasteiger partial charge < -0.3 is 4.90 Å². The van der Waals surface area contributed by atoms with Crippen LogP contribution in [0.5, 0.6) is 0 Å². The van der Waals surface area contributed by atoms with Crippen LogP contribution in [0.1, 0.15) is 13.3 Å². The number of hydrogen-bond donors (Lipinski definition) is 0. The number of rotatable bonds is 4. The Balaban J connectivity index is 2.49. The molecular weight excluding hydrogens is 270 g/mol. The Hall–Kier alpha value is -2.04. The van der Waals surface area contributed by atoms with E-state index in [1.165, 1.54) is 4.90 Å². The highest BCUT2D eigenvalue weighted by atomic mass is 19.1. The molecule has 0 aliphatic rings. The number of benzene rings is 2. The molecule has 0 radical (unpaired) electrons. The predicted octanol–water partition coefficient (Wildman–Crippen LogP) is 4.79. The second-order valence-electron chi connectivity index (χ2n) is 4.41. The fraction of sp³-hybridized carbons (Fsp3) is 0.200. The minimum Gasteiger partial charge on any atom is -0.341 e. The van der Waals surface area contributed by atoms with Gasteiger partial charge in [0, 0.05) is 30.1 Å². The highest BCUT2D eigenvalue weighted by Crippen LogP contribution is 2.28. The molecule has 2 aromatic carbocycles. The second kappa shape index (κ2) is 5.94. The summed E-state index contributed by atoms with van der Waals surface area (Å²) >= 11 is 0. The molecule has 0 unspecified atom stereocenters. The van der Waals surface area contributed by atoms with Gasteiger partial charge in [-0.1, -0.05) is 6.92 Å². The third kappa shape index (κ3) is 3.29. The molecule has 0 fully saturated rings. The monoisotopic (exact) mass is 283 g/mol. The molecule has 2 aromatic rings. The van der Waals surface area contributed by atoms with Crippen molar-refractivity contribution in [3.05, 3.63) is 59.7 Å². The van der Waals surface area contributed by atoms with Gasteiger partial charge in [-0.2, -0.15) is 0 Å². The van der Waals surface area contributed by atoms with E-state index in [1.807, 2.05) is 6.92 Å². The molecule has 0 amide bonds. The summed E-state index contributed by atoms with van der Waals surface area (Å²) in [6, 6.07) is 6.01. The maximum absolute atomic E-state index is 13.3. The molecule has 1 nitrogen and oxygen atoms in total. The normalized spacial score (nSPS) is 10.7. The van der Waals surface area contributed by atoms with Crippen molar-refractivity contribution in [2.45, 2.75) is 13.3 Å². The van der Waals surface area contributed by atoms with E-state index >= 15 is 0 Å². The molecule has 20 heavy (non-hydrogen) atoms. The molecule has 0 aromatic heterocycles. The van der Waals surface area contributed by atoms with Crippen LogP contribution < -0.4 is 4.90 Å². The van der Waals surface area contributed by atoms with Crippen LogP contribution in [0, 0.1) is 23.3 Å². The van der Waals surface area contributed by atoms with Crippen molar-refractivity contribution >= 4 is 11.4 Å². The molecule has 5 heteroatoms. The van der Waals surface area contributed by atoms with E-state index in [1.54, 1.807) is 0 Å². The minimum atomic E-state index is -0.738. The van der Waals surface area contributed by atoms with Crippen LogP contribution in [-0.2, 0) is 0 Å². The smallest absolute Gasteiger partial charge is 0.128 e. The highest BCUT2D eigenvalue weighted by Gasteiger charge is 2.13. The van der Waals surface area contributed by atoms with E-state index < -0.39 is 23.3 Å². The lowest BCUT2D eigenvalue weighted by molar-refractivity contribution is 0.581. The first-order valence-electron chi connectivity index (χ1n) is 6.19. The van der Waals surface area contributed by atoms with E-state index in [-0.39, 0.29) is 11.4 Å². The van der Waals surface area contributed by atoms with E-state index in [2.05, 4.69) is 0 Å². The van der Waals surface area contributed by atoms with Crippen LogP contribution in [0.4, 0.5) is 28.9 Å². The van der Waals surface area contributed by atoms with E-state index in [4.69, 9.17) is 0 Å². The summed E-state index contributed by atoms with van der Waals surface area (Å²) in [6.07, 6.45) is 0.649. The topological polar surface area (TPSA) is 3.24 Å². The highest BCUT2D eigenvalue weighted by molar-refractivity contribution is 5.63. The van der Waals surface area contributed by atoms with Crippen molar-refractivity contribution in [3.63, 3.8) is 0 Å². The van der Waals surface area contributed by atoms with E-state index in [0.29, 0.717) is 13.0 Å². The standard InChI is InChI=1S/C15H13F4N/c1-2-3-20(14-6-10(16)4-11(17)7-14)15-8-12(18)5-13(19)9-15/h4-9H,2-3H2,1H3. The Morgan fingerprint density at radius 3 is 1.35 bits per heavy atom. The third-order valence-electron chi connectivity index (χ3n) is 2.77.